The second-order valence-corrected chi connectivity index (χ2v) is 8.88. The van der Waals surface area contributed by atoms with Crippen molar-refractivity contribution in [1.82, 2.24) is 9.97 Å². The minimum atomic E-state index is -0.863. The van der Waals surface area contributed by atoms with Crippen LogP contribution in [0.25, 0.3) is 22.2 Å². The van der Waals surface area contributed by atoms with Crippen LogP contribution in [0.3, 0.4) is 0 Å². The number of hydrogen-bond donors (Lipinski definition) is 2. The lowest BCUT2D eigenvalue weighted by atomic mass is 10.1. The third-order valence-electron chi connectivity index (χ3n) is 4.26. The molecule has 0 amide bonds. The number of hydrogen-bond acceptors (Lipinski definition) is 4. The van der Waals surface area contributed by atoms with Crippen LogP contribution in [0.1, 0.15) is 24.4 Å². The summed E-state index contributed by atoms with van der Waals surface area (Å²) in [6.45, 7) is 2.11. The maximum atomic E-state index is 10.8. The van der Waals surface area contributed by atoms with Gasteiger partial charge in [0, 0.05) is 10.5 Å². The monoisotopic (exact) mass is 434 g/mol. The molecule has 0 aliphatic carbocycles. The molecule has 2 aromatic heterocycles. The van der Waals surface area contributed by atoms with Gasteiger partial charge in [-0.1, -0.05) is 42.3 Å². The number of aliphatic hydroxyl groups is 1. The number of thiophene rings is 1. The third kappa shape index (κ3) is 3.62. The number of nitrogens with one attached hydrogen (secondary N) is 1. The van der Waals surface area contributed by atoms with Gasteiger partial charge in [-0.2, -0.15) is 11.3 Å². The van der Waals surface area contributed by atoms with E-state index in [1.165, 1.54) is 4.90 Å². The van der Waals surface area contributed by atoms with Crippen LogP contribution in [0.15, 0.2) is 52.1 Å². The van der Waals surface area contributed by atoms with Crippen LogP contribution in [0.5, 0.6) is 0 Å². The Hall–Kier alpha value is -1.50. The number of imidazole rings is 1. The SMILES string of the molecule is CCSc1ccc(C(O)c2nc3c(Cl)c(-c4ccsc4)c(Cl)cc3[nH]2)cc1. The van der Waals surface area contributed by atoms with Crippen molar-refractivity contribution < 1.29 is 5.11 Å². The molecule has 0 aliphatic rings. The maximum absolute atomic E-state index is 10.8. The summed E-state index contributed by atoms with van der Waals surface area (Å²) in [5.74, 6) is 1.46. The molecule has 7 heteroatoms. The Kier molecular flexibility index (Phi) is 5.48. The van der Waals surface area contributed by atoms with Crippen molar-refractivity contribution in [2.75, 3.05) is 5.75 Å². The summed E-state index contributed by atoms with van der Waals surface area (Å²) >= 11 is 16.4. The van der Waals surface area contributed by atoms with Crippen LogP contribution in [-0.4, -0.2) is 20.8 Å². The number of H-pyrrole nitrogens is 1. The molecule has 0 bridgehead atoms. The first kappa shape index (κ1) is 18.8. The van der Waals surface area contributed by atoms with E-state index in [4.69, 9.17) is 23.2 Å². The van der Waals surface area contributed by atoms with Crippen LogP contribution in [-0.2, 0) is 0 Å². The number of aromatic nitrogens is 2. The first-order valence-corrected chi connectivity index (χ1v) is 11.1. The summed E-state index contributed by atoms with van der Waals surface area (Å²) in [5, 5.41) is 15.8. The molecule has 0 saturated carbocycles. The lowest BCUT2D eigenvalue weighted by Crippen LogP contribution is -2.01. The molecule has 4 aromatic rings. The Labute approximate surface area is 175 Å². The molecule has 4 rings (SSSR count). The molecule has 2 heterocycles. The highest BCUT2D eigenvalue weighted by molar-refractivity contribution is 7.99. The number of thioether (sulfide) groups is 1. The molecule has 2 N–H and O–H groups in total. The predicted molar refractivity (Wildman–Crippen MR) is 116 cm³/mol. The zero-order valence-electron chi connectivity index (χ0n) is 14.4. The van der Waals surface area contributed by atoms with Crippen molar-refractivity contribution >= 4 is 57.3 Å². The fourth-order valence-electron chi connectivity index (χ4n) is 2.97. The summed E-state index contributed by atoms with van der Waals surface area (Å²) in [4.78, 5) is 8.89. The van der Waals surface area contributed by atoms with Gasteiger partial charge >= 0.3 is 0 Å². The van der Waals surface area contributed by atoms with Crippen molar-refractivity contribution in [2.45, 2.75) is 17.9 Å². The Morgan fingerprint density at radius 2 is 2.00 bits per heavy atom. The van der Waals surface area contributed by atoms with E-state index in [0.29, 0.717) is 26.9 Å². The number of nitrogens with zero attached hydrogens (tertiary/aromatic N) is 1. The van der Waals surface area contributed by atoms with Crippen molar-refractivity contribution in [3.8, 4) is 11.1 Å². The van der Waals surface area contributed by atoms with Gasteiger partial charge in [-0.3, -0.25) is 0 Å². The molecule has 0 saturated heterocycles. The van der Waals surface area contributed by atoms with E-state index >= 15 is 0 Å². The first-order chi connectivity index (χ1) is 13.1. The van der Waals surface area contributed by atoms with E-state index < -0.39 is 6.10 Å². The average Bonchev–Trinajstić information content (AvgIpc) is 3.32. The lowest BCUT2D eigenvalue weighted by Gasteiger charge is -2.08. The molecule has 0 fully saturated rings. The third-order valence-corrected chi connectivity index (χ3v) is 6.51. The van der Waals surface area contributed by atoms with Gasteiger partial charge in [0.05, 0.1) is 15.6 Å². The summed E-state index contributed by atoms with van der Waals surface area (Å²) < 4.78 is 0. The average molecular weight is 435 g/mol. The van der Waals surface area contributed by atoms with Crippen molar-refractivity contribution in [3.63, 3.8) is 0 Å². The summed E-state index contributed by atoms with van der Waals surface area (Å²) in [6, 6.07) is 11.6. The van der Waals surface area contributed by atoms with Crippen LogP contribution in [0.4, 0.5) is 0 Å². The normalized spacial score (nSPS) is 12.6. The van der Waals surface area contributed by atoms with Crippen LogP contribution in [0, 0.1) is 0 Å². The van der Waals surface area contributed by atoms with Gasteiger partial charge < -0.3 is 10.1 Å². The largest absolute Gasteiger partial charge is 0.380 e. The van der Waals surface area contributed by atoms with Gasteiger partial charge in [-0.15, -0.1) is 11.8 Å². The van der Waals surface area contributed by atoms with Crippen LogP contribution in [0.2, 0.25) is 10.0 Å². The van der Waals surface area contributed by atoms with E-state index in [1.54, 1.807) is 29.2 Å². The van der Waals surface area contributed by atoms with Crippen LogP contribution < -0.4 is 0 Å². The van der Waals surface area contributed by atoms with E-state index in [-0.39, 0.29) is 0 Å². The number of aliphatic hydroxyl groups excluding tert-OH is 1. The molecule has 2 aromatic carbocycles. The molecule has 1 unspecified atom stereocenters. The molecule has 0 aliphatic heterocycles. The predicted octanol–water partition coefficient (Wildman–Crippen LogP) is 6.79. The second-order valence-electron chi connectivity index (χ2n) is 5.98. The van der Waals surface area contributed by atoms with E-state index in [9.17, 15) is 5.11 Å². The van der Waals surface area contributed by atoms with Crippen molar-refractivity contribution in [1.29, 1.82) is 0 Å². The summed E-state index contributed by atoms with van der Waals surface area (Å²) in [7, 11) is 0. The first-order valence-electron chi connectivity index (χ1n) is 8.39. The van der Waals surface area contributed by atoms with Gasteiger partial charge in [-0.05, 0) is 51.9 Å². The van der Waals surface area contributed by atoms with E-state index in [2.05, 4.69) is 16.9 Å². The minimum absolute atomic E-state index is 0.446. The maximum Gasteiger partial charge on any atom is 0.140 e. The minimum Gasteiger partial charge on any atom is -0.380 e. The summed E-state index contributed by atoms with van der Waals surface area (Å²) in [6.07, 6.45) is -0.863. The fourth-order valence-corrected chi connectivity index (χ4v) is 5.00. The fraction of sp³-hybridized carbons (Fsp3) is 0.150. The van der Waals surface area contributed by atoms with Gasteiger partial charge in [0.25, 0.3) is 0 Å². The second kappa shape index (κ2) is 7.86. The highest BCUT2D eigenvalue weighted by atomic mass is 35.5. The number of benzene rings is 2. The van der Waals surface area contributed by atoms with Gasteiger partial charge in [0.15, 0.2) is 0 Å². The Balaban J connectivity index is 1.74. The quantitative estimate of drug-likeness (QED) is 0.339. The lowest BCUT2D eigenvalue weighted by molar-refractivity contribution is 0.211. The van der Waals surface area contributed by atoms with Crippen molar-refractivity contribution in [3.05, 3.63) is 68.6 Å². The number of fused-ring (bicyclic) bond motifs is 1. The van der Waals surface area contributed by atoms with E-state index in [0.717, 1.165) is 22.4 Å². The topological polar surface area (TPSA) is 48.9 Å². The Bertz CT molecular complexity index is 1080. The van der Waals surface area contributed by atoms with Gasteiger partial charge in [0.2, 0.25) is 0 Å². The van der Waals surface area contributed by atoms with Gasteiger partial charge in [-0.25, -0.2) is 4.98 Å². The zero-order chi connectivity index (χ0) is 19.0. The van der Waals surface area contributed by atoms with Crippen LogP contribution >= 0.6 is 46.3 Å². The Morgan fingerprint density at radius 3 is 2.67 bits per heavy atom. The van der Waals surface area contributed by atoms with Crippen molar-refractivity contribution in [2.24, 2.45) is 0 Å². The molecule has 3 nitrogen and oxygen atoms in total. The summed E-state index contributed by atoms with van der Waals surface area (Å²) in [5.41, 5.74) is 3.81. The number of aromatic amines is 1. The number of rotatable bonds is 5. The molecule has 138 valence electrons. The standard InChI is InChI=1S/C20H16Cl2N2OS2/c1-2-27-13-5-3-11(4-6-13)19(25)20-23-15-9-14(21)16(12-7-8-26-10-12)17(22)18(15)24-20/h3-10,19,25H,2H2,1H3,(H,23,24). The molecular weight excluding hydrogens is 419 g/mol. The number of halogens is 2. The zero-order valence-corrected chi connectivity index (χ0v) is 17.5. The highest BCUT2D eigenvalue weighted by Crippen LogP contribution is 2.40. The highest BCUT2D eigenvalue weighted by Gasteiger charge is 2.20. The molecular formula is C20H16Cl2N2OS2. The smallest absolute Gasteiger partial charge is 0.140 e. The molecule has 1 atom stereocenters. The van der Waals surface area contributed by atoms with Gasteiger partial charge in [0.1, 0.15) is 17.4 Å². The Morgan fingerprint density at radius 1 is 1.22 bits per heavy atom. The molecule has 0 radical (unpaired) electrons. The van der Waals surface area contributed by atoms with E-state index in [1.807, 2.05) is 41.1 Å². The molecule has 0 spiro atoms. The molecule has 27 heavy (non-hydrogen) atoms.